The molecule has 3 nitrogen and oxygen atoms in total. The molecule has 0 aromatic carbocycles. The summed E-state index contributed by atoms with van der Waals surface area (Å²) in [5.41, 5.74) is 5.40. The molecular formula is C8H10N2OS. The lowest BCUT2D eigenvalue weighted by atomic mass is 10.4. The van der Waals surface area contributed by atoms with Crippen LogP contribution in [-0.2, 0) is 5.75 Å². The number of hydrogen-bond acceptors (Lipinski definition) is 4. The fraction of sp³-hybridized carbons (Fsp3) is 0.375. The highest BCUT2D eigenvalue weighted by Gasteiger charge is 2.00. The maximum atomic E-state index is 8.38. The summed E-state index contributed by atoms with van der Waals surface area (Å²) >= 11 is 1.60. The Labute approximate surface area is 75.5 Å². The van der Waals surface area contributed by atoms with Crippen LogP contribution in [0.1, 0.15) is 5.76 Å². The summed E-state index contributed by atoms with van der Waals surface area (Å²) in [5, 5.41) is 8.38. The van der Waals surface area contributed by atoms with Gasteiger partial charge in [-0.3, -0.25) is 0 Å². The number of nitriles is 1. The largest absolute Gasteiger partial charge is 0.468 e. The first kappa shape index (κ1) is 9.17. The molecule has 1 aromatic heterocycles. The third-order valence-corrected chi connectivity index (χ3v) is 2.37. The van der Waals surface area contributed by atoms with Gasteiger partial charge in [-0.25, -0.2) is 0 Å². The van der Waals surface area contributed by atoms with Crippen molar-refractivity contribution >= 4 is 11.8 Å². The van der Waals surface area contributed by atoms with Gasteiger partial charge < -0.3 is 10.2 Å². The lowest BCUT2D eigenvalue weighted by molar-refractivity contribution is 0.530. The molecular weight excluding hydrogens is 172 g/mol. The van der Waals surface area contributed by atoms with E-state index in [1.165, 1.54) is 0 Å². The van der Waals surface area contributed by atoms with E-state index in [0.717, 1.165) is 11.5 Å². The van der Waals surface area contributed by atoms with Crippen LogP contribution in [0, 0.1) is 11.3 Å². The van der Waals surface area contributed by atoms with Gasteiger partial charge in [-0.2, -0.15) is 17.0 Å². The van der Waals surface area contributed by atoms with E-state index in [-0.39, 0.29) is 6.04 Å². The molecule has 1 heterocycles. The van der Waals surface area contributed by atoms with Gasteiger partial charge in [0.15, 0.2) is 0 Å². The molecule has 1 atom stereocenters. The lowest BCUT2D eigenvalue weighted by Gasteiger charge is -1.99. The topological polar surface area (TPSA) is 63.0 Å². The standard InChI is InChI=1S/C8H10N2OS/c9-4-7(10)5-12-6-8-2-1-3-11-8/h1-3,7H,5-6,10H2. The summed E-state index contributed by atoms with van der Waals surface area (Å²) in [4.78, 5) is 0. The molecule has 1 unspecified atom stereocenters. The first-order valence-electron chi connectivity index (χ1n) is 3.58. The molecule has 0 aliphatic heterocycles. The minimum absolute atomic E-state index is 0.370. The van der Waals surface area contributed by atoms with Crippen LogP contribution >= 0.6 is 11.8 Å². The Kier molecular flexibility index (Phi) is 3.71. The predicted octanol–water partition coefficient (Wildman–Crippen LogP) is 1.36. The van der Waals surface area contributed by atoms with Crippen LogP contribution in [0.3, 0.4) is 0 Å². The van der Waals surface area contributed by atoms with Crippen LogP contribution in [0.4, 0.5) is 0 Å². The highest BCUT2D eigenvalue weighted by atomic mass is 32.2. The van der Waals surface area contributed by atoms with Crippen molar-refractivity contribution in [3.63, 3.8) is 0 Å². The lowest BCUT2D eigenvalue weighted by Crippen LogP contribution is -2.19. The highest BCUT2D eigenvalue weighted by Crippen LogP contribution is 2.12. The molecule has 0 amide bonds. The molecule has 4 heteroatoms. The van der Waals surface area contributed by atoms with Gasteiger partial charge in [-0.1, -0.05) is 0 Å². The van der Waals surface area contributed by atoms with Crippen LogP contribution in [0.15, 0.2) is 22.8 Å². The number of hydrogen-bond donors (Lipinski definition) is 1. The van der Waals surface area contributed by atoms with Crippen molar-refractivity contribution in [3.8, 4) is 6.07 Å². The maximum Gasteiger partial charge on any atom is 0.113 e. The summed E-state index contributed by atoms with van der Waals surface area (Å²) in [6.07, 6.45) is 1.64. The van der Waals surface area contributed by atoms with Crippen LogP contribution in [0.2, 0.25) is 0 Å². The minimum Gasteiger partial charge on any atom is -0.468 e. The van der Waals surface area contributed by atoms with Crippen LogP contribution in [-0.4, -0.2) is 11.8 Å². The fourth-order valence-corrected chi connectivity index (χ4v) is 1.53. The quantitative estimate of drug-likeness (QED) is 0.763. The molecule has 0 fully saturated rings. The van der Waals surface area contributed by atoms with Crippen molar-refractivity contribution in [2.75, 3.05) is 5.75 Å². The molecule has 0 aliphatic rings. The van der Waals surface area contributed by atoms with Crippen molar-refractivity contribution in [1.29, 1.82) is 5.26 Å². The van der Waals surface area contributed by atoms with Crippen LogP contribution in [0.25, 0.3) is 0 Å². The van der Waals surface area contributed by atoms with Crippen molar-refractivity contribution in [1.82, 2.24) is 0 Å². The molecule has 0 spiro atoms. The molecule has 0 aliphatic carbocycles. The molecule has 0 radical (unpaired) electrons. The van der Waals surface area contributed by atoms with Gasteiger partial charge in [-0.05, 0) is 12.1 Å². The molecule has 0 bridgehead atoms. The number of rotatable bonds is 4. The smallest absolute Gasteiger partial charge is 0.113 e. The molecule has 64 valence electrons. The Hall–Kier alpha value is -0.920. The Bertz CT molecular complexity index is 253. The molecule has 0 saturated carbocycles. The average Bonchev–Trinajstić information content (AvgIpc) is 2.57. The second kappa shape index (κ2) is 4.86. The van der Waals surface area contributed by atoms with Crippen LogP contribution < -0.4 is 5.73 Å². The summed E-state index contributed by atoms with van der Waals surface area (Å²) in [6.45, 7) is 0. The van der Waals surface area contributed by atoms with E-state index in [9.17, 15) is 0 Å². The van der Waals surface area contributed by atoms with Crippen LogP contribution in [0.5, 0.6) is 0 Å². The second-order valence-corrected chi connectivity index (χ2v) is 3.36. The first-order chi connectivity index (χ1) is 5.83. The van der Waals surface area contributed by atoms with Gasteiger partial charge in [0.2, 0.25) is 0 Å². The van der Waals surface area contributed by atoms with E-state index in [4.69, 9.17) is 15.4 Å². The van der Waals surface area contributed by atoms with Gasteiger partial charge in [0.1, 0.15) is 11.8 Å². The molecule has 1 aromatic rings. The zero-order chi connectivity index (χ0) is 8.81. The predicted molar refractivity (Wildman–Crippen MR) is 48.5 cm³/mol. The van der Waals surface area contributed by atoms with Crippen molar-refractivity contribution in [2.24, 2.45) is 5.73 Å². The summed E-state index contributed by atoms with van der Waals surface area (Å²) in [6, 6.07) is 5.36. The third kappa shape index (κ3) is 2.99. The van der Waals surface area contributed by atoms with Crippen molar-refractivity contribution < 1.29 is 4.42 Å². The Morgan fingerprint density at radius 2 is 2.58 bits per heavy atom. The normalized spacial score (nSPS) is 12.3. The van der Waals surface area contributed by atoms with Crippen molar-refractivity contribution in [3.05, 3.63) is 24.2 Å². The van der Waals surface area contributed by atoms with E-state index in [1.807, 2.05) is 18.2 Å². The van der Waals surface area contributed by atoms with Crippen molar-refractivity contribution in [2.45, 2.75) is 11.8 Å². The zero-order valence-electron chi connectivity index (χ0n) is 6.56. The summed E-state index contributed by atoms with van der Waals surface area (Å²) in [5.74, 6) is 2.35. The SMILES string of the molecule is N#CC(N)CSCc1ccco1. The Balaban J connectivity index is 2.16. The van der Waals surface area contributed by atoms with Gasteiger partial charge in [0, 0.05) is 5.75 Å². The Morgan fingerprint density at radius 3 is 3.17 bits per heavy atom. The maximum absolute atomic E-state index is 8.38. The number of nitrogens with zero attached hydrogens (tertiary/aromatic N) is 1. The zero-order valence-corrected chi connectivity index (χ0v) is 7.38. The average molecular weight is 182 g/mol. The number of nitrogens with two attached hydrogens (primary N) is 1. The molecule has 1 rings (SSSR count). The summed E-state index contributed by atoms with van der Waals surface area (Å²) < 4.78 is 5.10. The van der Waals surface area contributed by atoms with E-state index in [1.54, 1.807) is 18.0 Å². The molecule has 0 saturated heterocycles. The van der Waals surface area contributed by atoms with Gasteiger partial charge >= 0.3 is 0 Å². The number of furan rings is 1. The van der Waals surface area contributed by atoms with E-state index >= 15 is 0 Å². The highest BCUT2D eigenvalue weighted by molar-refractivity contribution is 7.98. The second-order valence-electron chi connectivity index (χ2n) is 2.33. The monoisotopic (exact) mass is 182 g/mol. The first-order valence-corrected chi connectivity index (χ1v) is 4.73. The molecule has 2 N–H and O–H groups in total. The third-order valence-electron chi connectivity index (χ3n) is 1.29. The van der Waals surface area contributed by atoms with Gasteiger partial charge in [0.05, 0.1) is 18.1 Å². The van der Waals surface area contributed by atoms with E-state index in [0.29, 0.717) is 5.75 Å². The van der Waals surface area contributed by atoms with Gasteiger partial charge in [-0.15, -0.1) is 0 Å². The van der Waals surface area contributed by atoms with E-state index in [2.05, 4.69) is 0 Å². The molecule has 12 heavy (non-hydrogen) atoms. The fourth-order valence-electron chi connectivity index (χ4n) is 0.718. The summed E-state index contributed by atoms with van der Waals surface area (Å²) in [7, 11) is 0. The number of thioether (sulfide) groups is 1. The van der Waals surface area contributed by atoms with Gasteiger partial charge in [0.25, 0.3) is 0 Å². The minimum atomic E-state index is -0.370. The Morgan fingerprint density at radius 1 is 1.75 bits per heavy atom. The van der Waals surface area contributed by atoms with E-state index < -0.39 is 0 Å².